The number of carbonyl (C=O) groups is 2. The number of ether oxygens (including phenoxy) is 1. The second-order valence-corrected chi connectivity index (χ2v) is 6.12. The molecule has 1 aromatic carbocycles. The summed E-state index contributed by atoms with van der Waals surface area (Å²) in [5.74, 6) is -0.450. The maximum atomic E-state index is 12.1. The second-order valence-electron chi connectivity index (χ2n) is 5.72. The number of halogens is 1. The minimum Gasteiger partial charge on any atom is -0.465 e. The van der Waals surface area contributed by atoms with E-state index in [0.717, 1.165) is 5.56 Å². The van der Waals surface area contributed by atoms with Crippen LogP contribution in [0, 0.1) is 5.41 Å². The van der Waals surface area contributed by atoms with E-state index in [1.54, 1.807) is 30.1 Å². The molecule has 1 aromatic rings. The van der Waals surface area contributed by atoms with Crippen molar-refractivity contribution in [2.24, 2.45) is 5.41 Å². The molecule has 0 radical (unpaired) electrons. The Hall–Kier alpha value is -1.55. The van der Waals surface area contributed by atoms with Gasteiger partial charge in [-0.15, -0.1) is 0 Å². The lowest BCUT2D eigenvalue weighted by atomic mass is 9.94. The highest BCUT2D eigenvalue weighted by Gasteiger charge is 2.25. The third-order valence-electron chi connectivity index (χ3n) is 2.84. The van der Waals surface area contributed by atoms with Gasteiger partial charge in [-0.05, 0) is 17.7 Å². The molecule has 1 amide bonds. The first-order chi connectivity index (χ1) is 9.16. The number of carbonyl (C=O) groups excluding carboxylic acids is 2. The highest BCUT2D eigenvalue weighted by molar-refractivity contribution is 6.33. The summed E-state index contributed by atoms with van der Waals surface area (Å²) < 4.78 is 4.67. The summed E-state index contributed by atoms with van der Waals surface area (Å²) in [5.41, 5.74) is 0.699. The Labute approximate surface area is 124 Å². The molecule has 0 heterocycles. The van der Waals surface area contributed by atoms with Crippen LogP contribution >= 0.6 is 11.6 Å². The predicted molar refractivity (Wildman–Crippen MR) is 78.7 cm³/mol. The Bertz CT molecular complexity index is 520. The Morgan fingerprint density at radius 1 is 1.30 bits per heavy atom. The maximum Gasteiger partial charge on any atom is 0.339 e. The highest BCUT2D eigenvalue weighted by atomic mass is 35.5. The van der Waals surface area contributed by atoms with E-state index in [2.05, 4.69) is 4.74 Å². The van der Waals surface area contributed by atoms with Crippen LogP contribution in [0.4, 0.5) is 0 Å². The van der Waals surface area contributed by atoms with Crippen LogP contribution in [0.2, 0.25) is 5.02 Å². The van der Waals surface area contributed by atoms with Crippen LogP contribution < -0.4 is 0 Å². The van der Waals surface area contributed by atoms with Crippen molar-refractivity contribution in [3.05, 3.63) is 34.3 Å². The molecule has 0 N–H and O–H groups in total. The highest BCUT2D eigenvalue weighted by Crippen LogP contribution is 2.21. The standard InChI is InChI=1S/C15H20ClNO3/c1-15(2,3)14(19)17(4)9-10-6-7-12(16)11(8-10)13(18)20-5/h6-8H,9H2,1-5H3. The van der Waals surface area contributed by atoms with Crippen LogP contribution in [0.15, 0.2) is 18.2 Å². The van der Waals surface area contributed by atoms with E-state index in [0.29, 0.717) is 17.1 Å². The van der Waals surface area contributed by atoms with Crippen molar-refractivity contribution < 1.29 is 14.3 Å². The van der Waals surface area contributed by atoms with E-state index < -0.39 is 11.4 Å². The lowest BCUT2D eigenvalue weighted by Crippen LogP contribution is -2.36. The van der Waals surface area contributed by atoms with E-state index in [-0.39, 0.29) is 5.91 Å². The number of hydrogen-bond acceptors (Lipinski definition) is 3. The quantitative estimate of drug-likeness (QED) is 0.805. The maximum absolute atomic E-state index is 12.1. The third kappa shape index (κ3) is 3.97. The summed E-state index contributed by atoms with van der Waals surface area (Å²) in [4.78, 5) is 25.3. The molecule has 0 aliphatic carbocycles. The van der Waals surface area contributed by atoms with Gasteiger partial charge in [-0.25, -0.2) is 4.79 Å². The van der Waals surface area contributed by atoms with Gasteiger partial charge in [0.25, 0.3) is 0 Å². The molecule has 0 saturated heterocycles. The van der Waals surface area contributed by atoms with E-state index in [4.69, 9.17) is 11.6 Å². The van der Waals surface area contributed by atoms with Gasteiger partial charge in [-0.1, -0.05) is 38.4 Å². The van der Waals surface area contributed by atoms with E-state index in [1.165, 1.54) is 7.11 Å². The Balaban J connectivity index is 2.94. The first-order valence-electron chi connectivity index (χ1n) is 6.29. The van der Waals surface area contributed by atoms with Crippen molar-refractivity contribution in [1.29, 1.82) is 0 Å². The lowest BCUT2D eigenvalue weighted by Gasteiger charge is -2.26. The van der Waals surface area contributed by atoms with Crippen molar-refractivity contribution in [3.8, 4) is 0 Å². The fourth-order valence-corrected chi connectivity index (χ4v) is 2.05. The fraction of sp³-hybridized carbons (Fsp3) is 0.467. The van der Waals surface area contributed by atoms with Gasteiger partial charge in [0.05, 0.1) is 17.7 Å². The van der Waals surface area contributed by atoms with Gasteiger partial charge in [0, 0.05) is 19.0 Å². The number of nitrogens with zero attached hydrogens (tertiary/aromatic N) is 1. The number of methoxy groups -OCH3 is 1. The molecule has 0 aliphatic heterocycles. The van der Waals surface area contributed by atoms with E-state index >= 15 is 0 Å². The Kier molecular flexibility index (Phi) is 5.17. The third-order valence-corrected chi connectivity index (χ3v) is 3.17. The van der Waals surface area contributed by atoms with Gasteiger partial charge in [0.15, 0.2) is 0 Å². The summed E-state index contributed by atoms with van der Waals surface area (Å²) in [6.45, 7) is 6.02. The van der Waals surface area contributed by atoms with E-state index in [1.807, 2.05) is 20.8 Å². The summed E-state index contributed by atoms with van der Waals surface area (Å²) in [7, 11) is 3.04. The molecule has 4 nitrogen and oxygen atoms in total. The number of amides is 1. The summed E-state index contributed by atoms with van der Waals surface area (Å²) >= 11 is 5.96. The molecular weight excluding hydrogens is 278 g/mol. The predicted octanol–water partition coefficient (Wildman–Crippen LogP) is 3.13. The molecule has 5 heteroatoms. The monoisotopic (exact) mass is 297 g/mol. The number of esters is 1. The summed E-state index contributed by atoms with van der Waals surface area (Å²) in [6.07, 6.45) is 0. The molecular formula is C15H20ClNO3. The van der Waals surface area contributed by atoms with Gasteiger partial charge < -0.3 is 9.64 Å². The van der Waals surface area contributed by atoms with Crippen molar-refractivity contribution >= 4 is 23.5 Å². The Morgan fingerprint density at radius 2 is 1.90 bits per heavy atom. The van der Waals surface area contributed by atoms with Crippen LogP contribution in [-0.4, -0.2) is 30.9 Å². The zero-order valence-corrected chi connectivity index (χ0v) is 13.2. The van der Waals surface area contributed by atoms with Crippen molar-refractivity contribution in [1.82, 2.24) is 4.90 Å². The first kappa shape index (κ1) is 16.5. The summed E-state index contributed by atoms with van der Waals surface area (Å²) in [6, 6.07) is 5.08. The molecule has 110 valence electrons. The molecule has 0 atom stereocenters. The largest absolute Gasteiger partial charge is 0.465 e. The average Bonchev–Trinajstić information content (AvgIpc) is 2.38. The molecule has 0 spiro atoms. The number of hydrogen-bond donors (Lipinski definition) is 0. The second kappa shape index (κ2) is 6.27. The minimum absolute atomic E-state index is 0.0343. The van der Waals surface area contributed by atoms with E-state index in [9.17, 15) is 9.59 Å². The molecule has 0 aromatic heterocycles. The molecule has 20 heavy (non-hydrogen) atoms. The van der Waals surface area contributed by atoms with Gasteiger partial charge in [0.2, 0.25) is 5.91 Å². The zero-order valence-electron chi connectivity index (χ0n) is 12.5. The van der Waals surface area contributed by atoms with Gasteiger partial charge in [-0.2, -0.15) is 0 Å². The first-order valence-corrected chi connectivity index (χ1v) is 6.67. The van der Waals surface area contributed by atoms with Crippen LogP contribution in [0.3, 0.4) is 0 Å². The number of benzene rings is 1. The Morgan fingerprint density at radius 3 is 2.40 bits per heavy atom. The van der Waals surface area contributed by atoms with Crippen LogP contribution in [0.25, 0.3) is 0 Å². The summed E-state index contributed by atoms with van der Waals surface area (Å²) in [5, 5.41) is 0.338. The van der Waals surface area contributed by atoms with Gasteiger partial charge >= 0.3 is 5.97 Å². The minimum atomic E-state index is -0.485. The van der Waals surface area contributed by atoms with Crippen LogP contribution in [0.1, 0.15) is 36.7 Å². The molecule has 0 fully saturated rings. The topological polar surface area (TPSA) is 46.6 Å². The van der Waals surface area contributed by atoms with Crippen LogP contribution in [0.5, 0.6) is 0 Å². The van der Waals surface area contributed by atoms with Crippen molar-refractivity contribution in [3.63, 3.8) is 0 Å². The van der Waals surface area contributed by atoms with Crippen LogP contribution in [-0.2, 0) is 16.1 Å². The molecule has 1 rings (SSSR count). The average molecular weight is 298 g/mol. The number of rotatable bonds is 3. The molecule has 0 saturated carbocycles. The van der Waals surface area contributed by atoms with Gasteiger partial charge in [-0.3, -0.25) is 4.79 Å². The van der Waals surface area contributed by atoms with Crippen molar-refractivity contribution in [2.45, 2.75) is 27.3 Å². The molecule has 0 unspecified atom stereocenters. The zero-order chi connectivity index (χ0) is 15.5. The SMILES string of the molecule is COC(=O)c1cc(CN(C)C(=O)C(C)(C)C)ccc1Cl. The smallest absolute Gasteiger partial charge is 0.339 e. The molecule has 0 aliphatic rings. The normalized spacial score (nSPS) is 11.1. The molecule has 0 bridgehead atoms. The lowest BCUT2D eigenvalue weighted by molar-refractivity contribution is -0.138. The fourth-order valence-electron chi connectivity index (χ4n) is 1.86. The van der Waals surface area contributed by atoms with Gasteiger partial charge in [0.1, 0.15) is 0 Å². The van der Waals surface area contributed by atoms with Crippen molar-refractivity contribution in [2.75, 3.05) is 14.2 Å².